The highest BCUT2D eigenvalue weighted by Gasteiger charge is 2.61. The zero-order valence-corrected chi connectivity index (χ0v) is 30.5. The number of hydrogen-bond donors (Lipinski definition) is 2. The maximum Gasteiger partial charge on any atom is 0.407 e. The Kier molecular flexibility index (Phi) is 11.5. The van der Waals surface area contributed by atoms with Crippen molar-refractivity contribution in [3.05, 3.63) is 0 Å². The number of esters is 2. The van der Waals surface area contributed by atoms with Crippen LogP contribution in [0.15, 0.2) is 0 Å². The first-order chi connectivity index (χ1) is 21.3. The molecule has 0 saturated heterocycles. The fourth-order valence-corrected chi connectivity index (χ4v) is 10.5. The summed E-state index contributed by atoms with van der Waals surface area (Å²) in [5.74, 6) is 3.41. The Morgan fingerprint density at radius 1 is 0.848 bits per heavy atom. The maximum atomic E-state index is 12.9. The van der Waals surface area contributed by atoms with Crippen LogP contribution in [-0.2, 0) is 23.8 Å². The van der Waals surface area contributed by atoms with Gasteiger partial charge in [-0.2, -0.15) is 0 Å². The van der Waals surface area contributed by atoms with Crippen LogP contribution in [-0.4, -0.2) is 47.9 Å². The van der Waals surface area contributed by atoms with E-state index in [9.17, 15) is 14.4 Å². The second kappa shape index (κ2) is 14.3. The molecule has 0 heterocycles. The zero-order valence-electron chi connectivity index (χ0n) is 30.5. The molecule has 4 rings (SSSR count). The van der Waals surface area contributed by atoms with Crippen molar-refractivity contribution in [2.45, 2.75) is 169 Å². The van der Waals surface area contributed by atoms with E-state index >= 15 is 0 Å². The molecule has 8 nitrogen and oxygen atoms in total. The molecule has 4 saturated carbocycles. The fourth-order valence-electron chi connectivity index (χ4n) is 10.5. The summed E-state index contributed by atoms with van der Waals surface area (Å²) < 4.78 is 17.0. The third-order valence-electron chi connectivity index (χ3n) is 12.5. The van der Waals surface area contributed by atoms with Crippen molar-refractivity contribution in [2.75, 3.05) is 6.54 Å². The first-order valence-electron chi connectivity index (χ1n) is 18.5. The molecule has 46 heavy (non-hydrogen) atoms. The zero-order chi connectivity index (χ0) is 34.1. The minimum absolute atomic E-state index is 0.0413. The molecular formula is C38H66N2O6. The molecule has 0 bridgehead atoms. The summed E-state index contributed by atoms with van der Waals surface area (Å²) in [6.45, 7) is 19.2. The normalized spacial score (nSPS) is 35.5. The molecule has 0 aliphatic heterocycles. The van der Waals surface area contributed by atoms with Gasteiger partial charge in [0.25, 0.3) is 0 Å². The lowest BCUT2D eigenvalue weighted by molar-refractivity contribution is -0.165. The Balaban J connectivity index is 1.24. The van der Waals surface area contributed by atoms with Gasteiger partial charge in [0.05, 0.1) is 0 Å². The van der Waals surface area contributed by atoms with Crippen LogP contribution in [0.25, 0.3) is 0 Å². The highest BCUT2D eigenvalue weighted by atomic mass is 16.6. The highest BCUT2D eigenvalue weighted by molar-refractivity contribution is 5.75. The standard InChI is InChI=1S/C38H66N2O6/c1-24(22-32(41)45-35(2,3)4)28-15-16-29-27-14-13-25-23-26(17-19-37(25,8)30(27)18-20-38(28,29)9)44-33(42)31(39)12-10-11-21-40-34(43)46-36(5,6)7/h24-31H,10-23,39H2,1-9H3,(H,40,43)/t24-,25?,26-,27?,28?,29?,30?,31+,37+,38-/m1/s1. The molecule has 4 aliphatic rings. The van der Waals surface area contributed by atoms with Gasteiger partial charge in [0.15, 0.2) is 0 Å². The fraction of sp³-hybridized carbons (Fsp3) is 0.921. The van der Waals surface area contributed by atoms with Crippen molar-refractivity contribution < 1.29 is 28.6 Å². The summed E-state index contributed by atoms with van der Waals surface area (Å²) in [5.41, 5.74) is 5.90. The van der Waals surface area contributed by atoms with Gasteiger partial charge in [-0.15, -0.1) is 0 Å². The van der Waals surface area contributed by atoms with Crippen molar-refractivity contribution in [1.82, 2.24) is 5.32 Å². The molecule has 0 aromatic rings. The Morgan fingerprint density at radius 3 is 2.17 bits per heavy atom. The lowest BCUT2D eigenvalue weighted by atomic mass is 9.44. The molecule has 0 spiro atoms. The van der Waals surface area contributed by atoms with Gasteiger partial charge in [-0.3, -0.25) is 9.59 Å². The maximum absolute atomic E-state index is 12.9. The number of hydrogen-bond acceptors (Lipinski definition) is 7. The molecule has 0 radical (unpaired) electrons. The highest BCUT2D eigenvalue weighted by Crippen LogP contribution is 2.68. The van der Waals surface area contributed by atoms with E-state index in [0.29, 0.717) is 48.0 Å². The van der Waals surface area contributed by atoms with Crippen LogP contribution in [0.1, 0.15) is 146 Å². The predicted molar refractivity (Wildman–Crippen MR) is 181 cm³/mol. The number of nitrogens with one attached hydrogen (secondary N) is 1. The number of carbonyl (C=O) groups excluding carboxylic acids is 3. The van der Waals surface area contributed by atoms with Gasteiger partial charge in [-0.1, -0.05) is 20.8 Å². The van der Waals surface area contributed by atoms with Crippen LogP contribution in [0.3, 0.4) is 0 Å². The van der Waals surface area contributed by atoms with Crippen molar-refractivity contribution in [1.29, 1.82) is 0 Å². The summed E-state index contributed by atoms with van der Waals surface area (Å²) in [6, 6.07) is -0.630. The van der Waals surface area contributed by atoms with E-state index in [0.717, 1.165) is 49.9 Å². The van der Waals surface area contributed by atoms with Gasteiger partial charge in [-0.05, 0) is 165 Å². The molecule has 10 atom stereocenters. The predicted octanol–water partition coefficient (Wildman–Crippen LogP) is 7.95. The van der Waals surface area contributed by atoms with Crippen LogP contribution in [0.4, 0.5) is 4.79 Å². The number of carbonyl (C=O) groups is 3. The van der Waals surface area contributed by atoms with E-state index in [2.05, 4.69) is 26.1 Å². The monoisotopic (exact) mass is 646 g/mol. The summed E-state index contributed by atoms with van der Waals surface area (Å²) in [5, 5.41) is 2.76. The number of ether oxygens (including phenoxy) is 3. The van der Waals surface area contributed by atoms with Gasteiger partial charge >= 0.3 is 18.0 Å². The first-order valence-corrected chi connectivity index (χ1v) is 18.5. The number of rotatable bonds is 10. The molecule has 3 N–H and O–H groups in total. The third kappa shape index (κ3) is 8.79. The Labute approximate surface area is 279 Å². The number of nitrogens with two attached hydrogens (primary N) is 1. The average molecular weight is 647 g/mol. The topological polar surface area (TPSA) is 117 Å². The summed E-state index contributed by atoms with van der Waals surface area (Å²) in [7, 11) is 0. The van der Waals surface area contributed by atoms with Crippen molar-refractivity contribution in [2.24, 2.45) is 52.1 Å². The van der Waals surface area contributed by atoms with E-state index in [1.54, 1.807) is 0 Å². The van der Waals surface area contributed by atoms with Crippen molar-refractivity contribution >= 4 is 18.0 Å². The van der Waals surface area contributed by atoms with Crippen LogP contribution >= 0.6 is 0 Å². The minimum Gasteiger partial charge on any atom is -0.461 e. The van der Waals surface area contributed by atoms with Crippen LogP contribution < -0.4 is 11.1 Å². The van der Waals surface area contributed by atoms with Crippen molar-refractivity contribution in [3.63, 3.8) is 0 Å². The van der Waals surface area contributed by atoms with Gasteiger partial charge in [0.1, 0.15) is 23.3 Å². The minimum atomic E-state index is -0.630. The molecule has 0 aromatic carbocycles. The van der Waals surface area contributed by atoms with E-state index in [1.165, 1.54) is 38.5 Å². The lowest BCUT2D eigenvalue weighted by Crippen LogP contribution is -2.54. The number of fused-ring (bicyclic) bond motifs is 5. The molecular weight excluding hydrogens is 580 g/mol. The quantitative estimate of drug-likeness (QED) is 0.141. The Bertz CT molecular complexity index is 1080. The summed E-state index contributed by atoms with van der Waals surface area (Å²) in [4.78, 5) is 37.4. The summed E-state index contributed by atoms with van der Waals surface area (Å²) >= 11 is 0. The first kappa shape index (κ1) is 37.0. The summed E-state index contributed by atoms with van der Waals surface area (Å²) in [6.07, 6.45) is 12.6. The molecule has 5 unspecified atom stereocenters. The van der Waals surface area contributed by atoms with Crippen molar-refractivity contribution in [3.8, 4) is 0 Å². The van der Waals surface area contributed by atoms with Crippen LogP contribution in [0.5, 0.6) is 0 Å². The molecule has 0 aromatic heterocycles. The smallest absolute Gasteiger partial charge is 0.407 e. The number of amides is 1. The van der Waals surface area contributed by atoms with E-state index < -0.39 is 23.3 Å². The number of alkyl carbamates (subject to hydrolysis) is 1. The van der Waals surface area contributed by atoms with Crippen LogP contribution in [0.2, 0.25) is 0 Å². The number of unbranched alkanes of at least 4 members (excludes halogenated alkanes) is 1. The largest absolute Gasteiger partial charge is 0.461 e. The molecule has 8 heteroatoms. The van der Waals surface area contributed by atoms with E-state index in [4.69, 9.17) is 19.9 Å². The Morgan fingerprint density at radius 2 is 1.50 bits per heavy atom. The molecule has 1 amide bonds. The van der Waals surface area contributed by atoms with Gasteiger partial charge in [-0.25, -0.2) is 4.79 Å². The molecule has 264 valence electrons. The van der Waals surface area contributed by atoms with Gasteiger partial charge in [0.2, 0.25) is 0 Å². The molecule has 4 aliphatic carbocycles. The lowest BCUT2D eigenvalue weighted by Gasteiger charge is -2.61. The second-order valence-electron chi connectivity index (χ2n) is 18.0. The average Bonchev–Trinajstić information content (AvgIpc) is 3.28. The third-order valence-corrected chi connectivity index (χ3v) is 12.5. The van der Waals surface area contributed by atoms with E-state index in [-0.39, 0.29) is 18.0 Å². The van der Waals surface area contributed by atoms with Gasteiger partial charge < -0.3 is 25.3 Å². The molecule has 4 fully saturated rings. The second-order valence-corrected chi connectivity index (χ2v) is 18.0. The van der Waals surface area contributed by atoms with Gasteiger partial charge in [0, 0.05) is 13.0 Å². The van der Waals surface area contributed by atoms with Crippen LogP contribution in [0, 0.1) is 46.3 Å². The SMILES string of the molecule is C[C@H](CC(=O)OC(C)(C)C)C1CCC2C3CCC4C[C@H](OC(=O)[C@@H](N)CCCCNC(=O)OC(C)(C)C)CC[C@]4(C)C3CC[C@@]21C. The Hall–Kier alpha value is -1.83. The van der Waals surface area contributed by atoms with E-state index in [1.807, 2.05) is 41.5 Å².